The molecule has 0 amide bonds. The van der Waals surface area contributed by atoms with Crippen LogP contribution in [0.4, 0.5) is 5.69 Å². The lowest BCUT2D eigenvalue weighted by atomic mass is 10.1. The smallest absolute Gasteiger partial charge is 0.321 e. The maximum Gasteiger partial charge on any atom is 0.321 e. The number of phenols is 1. The van der Waals surface area contributed by atoms with Crippen molar-refractivity contribution in [1.82, 2.24) is 4.72 Å². The van der Waals surface area contributed by atoms with Crippen LogP contribution in [0.1, 0.15) is 5.56 Å². The Hall–Kier alpha value is -1.07. The molecular weight excluding hydrogens is 375 g/mol. The highest BCUT2D eigenvalue weighted by atomic mass is 127. The van der Waals surface area contributed by atoms with E-state index < -0.39 is 28.4 Å². The molecule has 98 valence electrons. The molecule has 0 aliphatic carbocycles. The molecule has 0 saturated heterocycles. The third-order valence-corrected chi connectivity index (χ3v) is 3.30. The summed E-state index contributed by atoms with van der Waals surface area (Å²) in [5, 5.41) is 28.8. The Labute approximate surface area is 118 Å². The topological polar surface area (TPSA) is 113 Å². The minimum Gasteiger partial charge on any atom is -0.502 e. The number of carboxylic acid groups (broad SMARTS) is 1. The monoisotopic (exact) mass is 384 g/mol. The van der Waals surface area contributed by atoms with Crippen LogP contribution in [0.2, 0.25) is 0 Å². The first-order valence-electron chi connectivity index (χ1n) is 4.68. The fourth-order valence-corrected chi connectivity index (χ4v) is 2.52. The van der Waals surface area contributed by atoms with Crippen molar-refractivity contribution in [3.8, 4) is 5.75 Å². The van der Waals surface area contributed by atoms with E-state index in [9.17, 15) is 20.0 Å². The van der Waals surface area contributed by atoms with Crippen LogP contribution in [0.5, 0.6) is 5.75 Å². The van der Waals surface area contributed by atoms with E-state index in [4.69, 9.17) is 5.11 Å². The zero-order chi connectivity index (χ0) is 13.7. The van der Waals surface area contributed by atoms with Gasteiger partial charge in [-0.05, 0) is 27.2 Å². The minimum atomic E-state index is -1.05. The van der Waals surface area contributed by atoms with Gasteiger partial charge in [-0.25, -0.2) is 4.72 Å². The zero-order valence-electron chi connectivity index (χ0n) is 8.87. The molecule has 0 bridgehead atoms. The first-order valence-corrected chi connectivity index (χ1v) is 8.03. The fourth-order valence-electron chi connectivity index (χ4n) is 1.31. The van der Waals surface area contributed by atoms with Crippen molar-refractivity contribution < 1.29 is 19.9 Å². The number of halogens is 1. The van der Waals surface area contributed by atoms with Gasteiger partial charge in [0, 0.05) is 27.3 Å². The maximum absolute atomic E-state index is 10.9. The molecule has 0 radical (unpaired) electrons. The second-order valence-corrected chi connectivity index (χ2v) is 5.08. The number of nitrogens with zero attached hydrogens (tertiary/aromatic N) is 1. The molecule has 0 aromatic heterocycles. The van der Waals surface area contributed by atoms with Crippen LogP contribution in [0.25, 0.3) is 0 Å². The summed E-state index contributed by atoms with van der Waals surface area (Å²) in [6.07, 6.45) is 0.0897. The highest BCUT2D eigenvalue weighted by Crippen LogP contribution is 2.27. The quantitative estimate of drug-likeness (QED) is 0.297. The van der Waals surface area contributed by atoms with Crippen LogP contribution in [-0.4, -0.2) is 27.1 Å². The number of rotatable bonds is 6. The number of nitrogens with one attached hydrogen (secondary N) is 1. The Morgan fingerprint density at radius 1 is 1.61 bits per heavy atom. The molecule has 1 unspecified atom stereocenters. The number of benzene rings is 1. The van der Waals surface area contributed by atoms with Crippen LogP contribution in [0.15, 0.2) is 18.2 Å². The number of carbonyl (C=O) groups is 1. The van der Waals surface area contributed by atoms with Gasteiger partial charge in [-0.2, -0.15) is 0 Å². The predicted molar refractivity (Wildman–Crippen MR) is 74.6 cm³/mol. The largest absolute Gasteiger partial charge is 0.502 e. The summed E-state index contributed by atoms with van der Waals surface area (Å²) < 4.78 is 2.67. The van der Waals surface area contributed by atoms with Gasteiger partial charge in [0.15, 0.2) is 5.75 Å². The molecule has 1 aromatic carbocycles. The average molecular weight is 384 g/mol. The van der Waals surface area contributed by atoms with Gasteiger partial charge in [0.2, 0.25) is 0 Å². The molecular formula is C9H9IN2O5S. The first kappa shape index (κ1) is 15.0. The molecule has 9 heteroatoms. The molecule has 7 nitrogen and oxygen atoms in total. The number of phenolic OH excluding ortho intramolecular Hbond substituents is 1. The summed E-state index contributed by atoms with van der Waals surface area (Å²) >= 11 is 1.90. The van der Waals surface area contributed by atoms with Crippen molar-refractivity contribution >= 4 is 42.0 Å². The summed E-state index contributed by atoms with van der Waals surface area (Å²) in [5.41, 5.74) is 0.0311. The van der Waals surface area contributed by atoms with Crippen LogP contribution >= 0.6 is 30.3 Å². The third kappa shape index (κ3) is 3.99. The van der Waals surface area contributed by atoms with Crippen LogP contribution in [-0.2, 0) is 11.2 Å². The van der Waals surface area contributed by atoms with Gasteiger partial charge in [0.25, 0.3) is 0 Å². The summed E-state index contributed by atoms with van der Waals surface area (Å²) in [5.74, 6) is -1.48. The highest BCUT2D eigenvalue weighted by Gasteiger charge is 2.20. The van der Waals surface area contributed by atoms with Crippen LogP contribution in [0.3, 0.4) is 0 Å². The SMILES string of the molecule is O=C(O)C(Cc1ccc(O)c([N+](=O)[O-])c1)NSI. The van der Waals surface area contributed by atoms with Crippen molar-refractivity contribution in [3.05, 3.63) is 33.9 Å². The molecule has 1 atom stereocenters. The lowest BCUT2D eigenvalue weighted by molar-refractivity contribution is -0.385. The normalized spacial score (nSPS) is 12.1. The standard InChI is InChI=1S/C9H9IN2O5S/c10-18-11-6(9(14)15)3-5-1-2-8(13)7(4-5)12(16)17/h1-2,4,6,11,13H,3H2,(H,14,15). The van der Waals surface area contributed by atoms with Crippen molar-refractivity contribution in [2.45, 2.75) is 12.5 Å². The average Bonchev–Trinajstić information content (AvgIpc) is 2.30. The first-order chi connectivity index (χ1) is 8.45. The highest BCUT2D eigenvalue weighted by molar-refractivity contribution is 14.2. The number of hydrogen-bond donors (Lipinski definition) is 3. The number of hydrogen-bond acceptors (Lipinski definition) is 6. The Morgan fingerprint density at radius 2 is 2.28 bits per heavy atom. The van der Waals surface area contributed by atoms with Crippen molar-refractivity contribution in [3.63, 3.8) is 0 Å². The molecule has 1 aromatic rings. The number of carboxylic acids is 1. The molecule has 0 heterocycles. The molecule has 3 N–H and O–H groups in total. The van der Waals surface area contributed by atoms with E-state index in [0.717, 1.165) is 9.12 Å². The Balaban J connectivity index is 2.93. The fraction of sp³-hybridized carbons (Fsp3) is 0.222. The van der Waals surface area contributed by atoms with Gasteiger partial charge in [-0.1, -0.05) is 6.07 Å². The van der Waals surface area contributed by atoms with E-state index in [0.29, 0.717) is 5.56 Å². The Bertz CT molecular complexity index is 470. The predicted octanol–water partition coefficient (Wildman–Crippen LogP) is 1.88. The second-order valence-electron chi connectivity index (χ2n) is 3.37. The number of aromatic hydroxyl groups is 1. The summed E-state index contributed by atoms with van der Waals surface area (Å²) in [7, 11) is 1.13. The van der Waals surface area contributed by atoms with Crippen molar-refractivity contribution in [2.75, 3.05) is 0 Å². The summed E-state index contributed by atoms with van der Waals surface area (Å²) in [4.78, 5) is 20.8. The molecule has 0 fully saturated rings. The van der Waals surface area contributed by atoms with Crippen molar-refractivity contribution in [2.24, 2.45) is 0 Å². The van der Waals surface area contributed by atoms with E-state index in [1.165, 1.54) is 18.2 Å². The Morgan fingerprint density at radius 3 is 2.78 bits per heavy atom. The third-order valence-electron chi connectivity index (χ3n) is 2.16. The van der Waals surface area contributed by atoms with E-state index >= 15 is 0 Å². The molecule has 0 spiro atoms. The maximum atomic E-state index is 10.9. The minimum absolute atomic E-state index is 0.0897. The van der Waals surface area contributed by atoms with Crippen molar-refractivity contribution in [1.29, 1.82) is 0 Å². The lowest BCUT2D eigenvalue weighted by Crippen LogP contribution is -2.33. The zero-order valence-corrected chi connectivity index (χ0v) is 11.8. The lowest BCUT2D eigenvalue weighted by Gasteiger charge is -2.11. The summed E-state index contributed by atoms with van der Waals surface area (Å²) in [6, 6.07) is 2.96. The van der Waals surface area contributed by atoms with E-state index in [1.807, 2.05) is 21.2 Å². The van der Waals surface area contributed by atoms with E-state index in [2.05, 4.69) is 4.72 Å². The molecule has 18 heavy (non-hydrogen) atoms. The van der Waals surface area contributed by atoms with Gasteiger partial charge in [-0.15, -0.1) is 0 Å². The number of nitro benzene ring substituents is 1. The summed E-state index contributed by atoms with van der Waals surface area (Å²) in [6.45, 7) is 0. The van der Waals surface area contributed by atoms with Gasteiger partial charge in [0.1, 0.15) is 6.04 Å². The molecule has 0 aliphatic rings. The molecule has 0 saturated carbocycles. The second kappa shape index (κ2) is 6.75. The van der Waals surface area contributed by atoms with Gasteiger partial charge < -0.3 is 10.2 Å². The van der Waals surface area contributed by atoms with Gasteiger partial charge >= 0.3 is 11.7 Å². The van der Waals surface area contributed by atoms with Gasteiger partial charge in [-0.3, -0.25) is 14.9 Å². The van der Waals surface area contributed by atoms with E-state index in [-0.39, 0.29) is 6.42 Å². The van der Waals surface area contributed by atoms with Gasteiger partial charge in [0.05, 0.1) is 4.92 Å². The van der Waals surface area contributed by atoms with E-state index in [1.54, 1.807) is 0 Å². The molecule has 1 rings (SSSR count). The Kier molecular flexibility index (Phi) is 5.62. The number of aliphatic carboxylic acids is 1. The van der Waals surface area contributed by atoms with Crippen LogP contribution in [0, 0.1) is 10.1 Å². The molecule has 0 aliphatic heterocycles. The van der Waals surface area contributed by atoms with Crippen LogP contribution < -0.4 is 4.72 Å². The number of nitro groups is 1.